The van der Waals surface area contributed by atoms with Gasteiger partial charge in [-0.15, -0.1) is 0 Å². The first-order valence-corrected chi connectivity index (χ1v) is 4.97. The molecule has 2 rings (SSSR count). The smallest absolute Gasteiger partial charge is 0.166 e. The highest BCUT2D eigenvalue weighted by molar-refractivity contribution is 5.48. The monoisotopic (exact) mass is 193 g/mol. The number of ether oxygens (including phenoxy) is 2. The fourth-order valence-corrected chi connectivity index (χ4v) is 1.61. The maximum atomic E-state index is 5.98. The Morgan fingerprint density at radius 1 is 1.36 bits per heavy atom. The molecular formula is C11H15NO2. The zero-order valence-electron chi connectivity index (χ0n) is 8.32. The molecule has 3 heteroatoms. The number of nitrogens with two attached hydrogens (primary N) is 1. The third-order valence-corrected chi connectivity index (χ3v) is 2.44. The molecule has 0 aliphatic carbocycles. The lowest BCUT2D eigenvalue weighted by molar-refractivity contribution is 0.169. The van der Waals surface area contributed by atoms with Crippen LogP contribution in [0.1, 0.15) is 24.9 Å². The van der Waals surface area contributed by atoms with Crippen molar-refractivity contribution in [2.24, 2.45) is 5.73 Å². The summed E-state index contributed by atoms with van der Waals surface area (Å²) in [7, 11) is 0. The van der Waals surface area contributed by atoms with Gasteiger partial charge in [-0.3, -0.25) is 0 Å². The molecule has 3 nitrogen and oxygen atoms in total. The fourth-order valence-electron chi connectivity index (χ4n) is 1.61. The van der Waals surface area contributed by atoms with Crippen LogP contribution in [0.15, 0.2) is 18.2 Å². The lowest BCUT2D eigenvalue weighted by Crippen LogP contribution is -2.19. The molecule has 1 heterocycles. The van der Waals surface area contributed by atoms with Gasteiger partial charge in [-0.1, -0.05) is 19.1 Å². The van der Waals surface area contributed by atoms with Crippen molar-refractivity contribution < 1.29 is 9.47 Å². The summed E-state index contributed by atoms with van der Waals surface area (Å²) < 4.78 is 11.1. The van der Waals surface area contributed by atoms with Gasteiger partial charge in [0.2, 0.25) is 0 Å². The molecule has 1 aliphatic heterocycles. The Hall–Kier alpha value is -1.22. The molecule has 1 aromatic carbocycles. The first-order chi connectivity index (χ1) is 6.83. The van der Waals surface area contributed by atoms with Crippen molar-refractivity contribution in [1.29, 1.82) is 0 Å². The summed E-state index contributed by atoms with van der Waals surface area (Å²) in [6.07, 6.45) is 0.903. The zero-order chi connectivity index (χ0) is 9.97. The third-order valence-electron chi connectivity index (χ3n) is 2.44. The average molecular weight is 193 g/mol. The van der Waals surface area contributed by atoms with E-state index in [0.29, 0.717) is 13.2 Å². The average Bonchev–Trinajstić information content (AvgIpc) is 2.27. The fraction of sp³-hybridized carbons (Fsp3) is 0.455. The number of hydrogen-bond acceptors (Lipinski definition) is 3. The van der Waals surface area contributed by atoms with Gasteiger partial charge in [0.1, 0.15) is 13.2 Å². The van der Waals surface area contributed by atoms with Gasteiger partial charge in [0.15, 0.2) is 11.5 Å². The molecule has 1 atom stereocenters. The van der Waals surface area contributed by atoms with Crippen molar-refractivity contribution >= 4 is 0 Å². The predicted molar refractivity (Wildman–Crippen MR) is 54.7 cm³/mol. The van der Waals surface area contributed by atoms with Crippen LogP contribution in [0.4, 0.5) is 0 Å². The summed E-state index contributed by atoms with van der Waals surface area (Å²) in [4.78, 5) is 0. The van der Waals surface area contributed by atoms with E-state index in [1.165, 1.54) is 0 Å². The molecule has 14 heavy (non-hydrogen) atoms. The first kappa shape index (κ1) is 9.34. The van der Waals surface area contributed by atoms with E-state index >= 15 is 0 Å². The Kier molecular flexibility index (Phi) is 2.59. The van der Waals surface area contributed by atoms with E-state index in [1.807, 2.05) is 18.2 Å². The summed E-state index contributed by atoms with van der Waals surface area (Å²) in [6, 6.07) is 5.91. The lowest BCUT2D eigenvalue weighted by Gasteiger charge is -2.22. The van der Waals surface area contributed by atoms with Crippen LogP contribution in [-0.4, -0.2) is 13.2 Å². The van der Waals surface area contributed by atoms with Gasteiger partial charge in [0.25, 0.3) is 0 Å². The second kappa shape index (κ2) is 3.88. The quantitative estimate of drug-likeness (QED) is 0.779. The largest absolute Gasteiger partial charge is 0.486 e. The van der Waals surface area contributed by atoms with Crippen LogP contribution in [0.2, 0.25) is 0 Å². The molecule has 0 fully saturated rings. The second-order valence-electron chi connectivity index (χ2n) is 3.39. The molecule has 0 bridgehead atoms. The van der Waals surface area contributed by atoms with Crippen LogP contribution >= 0.6 is 0 Å². The molecular weight excluding hydrogens is 178 g/mol. The first-order valence-electron chi connectivity index (χ1n) is 4.97. The highest BCUT2D eigenvalue weighted by atomic mass is 16.6. The second-order valence-corrected chi connectivity index (χ2v) is 3.39. The molecule has 1 aliphatic rings. The minimum atomic E-state index is 0.0339. The van der Waals surface area contributed by atoms with E-state index in [9.17, 15) is 0 Å². The molecule has 0 aromatic heterocycles. The van der Waals surface area contributed by atoms with E-state index in [2.05, 4.69) is 6.92 Å². The third kappa shape index (κ3) is 1.55. The highest BCUT2D eigenvalue weighted by Crippen LogP contribution is 2.36. The van der Waals surface area contributed by atoms with Crippen LogP contribution in [-0.2, 0) is 0 Å². The summed E-state index contributed by atoms with van der Waals surface area (Å²) in [5, 5.41) is 0. The van der Waals surface area contributed by atoms with Gasteiger partial charge in [-0.2, -0.15) is 0 Å². The van der Waals surface area contributed by atoms with E-state index in [4.69, 9.17) is 15.2 Å². The Labute approximate surface area is 83.8 Å². The minimum absolute atomic E-state index is 0.0339. The van der Waals surface area contributed by atoms with Gasteiger partial charge < -0.3 is 15.2 Å². The summed E-state index contributed by atoms with van der Waals surface area (Å²) in [5.74, 6) is 1.64. The van der Waals surface area contributed by atoms with Crippen molar-refractivity contribution in [2.75, 3.05) is 13.2 Å². The molecule has 1 aromatic rings. The number of rotatable bonds is 2. The van der Waals surface area contributed by atoms with E-state index in [1.54, 1.807) is 0 Å². The van der Waals surface area contributed by atoms with Gasteiger partial charge >= 0.3 is 0 Å². The van der Waals surface area contributed by atoms with Crippen LogP contribution in [0.5, 0.6) is 11.5 Å². The molecule has 0 amide bonds. The van der Waals surface area contributed by atoms with Crippen molar-refractivity contribution in [3.8, 4) is 11.5 Å². The summed E-state index contributed by atoms with van der Waals surface area (Å²) in [5.41, 5.74) is 7.03. The summed E-state index contributed by atoms with van der Waals surface area (Å²) >= 11 is 0. The van der Waals surface area contributed by atoms with Gasteiger partial charge in [0, 0.05) is 11.6 Å². The highest BCUT2D eigenvalue weighted by Gasteiger charge is 2.18. The van der Waals surface area contributed by atoms with Crippen molar-refractivity contribution in [1.82, 2.24) is 0 Å². The minimum Gasteiger partial charge on any atom is -0.486 e. The van der Waals surface area contributed by atoms with Crippen molar-refractivity contribution in [2.45, 2.75) is 19.4 Å². The maximum Gasteiger partial charge on any atom is 0.166 e. The number of para-hydroxylation sites is 1. The molecule has 76 valence electrons. The lowest BCUT2D eigenvalue weighted by atomic mass is 10.0. The van der Waals surface area contributed by atoms with Gasteiger partial charge in [-0.25, -0.2) is 0 Å². The Bertz CT molecular complexity index is 325. The Morgan fingerprint density at radius 3 is 2.93 bits per heavy atom. The molecule has 0 saturated carbocycles. The van der Waals surface area contributed by atoms with Crippen molar-refractivity contribution in [3.63, 3.8) is 0 Å². The molecule has 0 radical (unpaired) electrons. The van der Waals surface area contributed by atoms with Crippen LogP contribution in [0.3, 0.4) is 0 Å². The van der Waals surface area contributed by atoms with Crippen LogP contribution in [0, 0.1) is 0 Å². The maximum absolute atomic E-state index is 5.98. The number of hydrogen-bond donors (Lipinski definition) is 1. The SMILES string of the molecule is CC[C@H](N)c1cccc2c1OCCO2. The van der Waals surface area contributed by atoms with Gasteiger partial charge in [-0.05, 0) is 12.5 Å². The number of fused-ring (bicyclic) bond motifs is 1. The van der Waals surface area contributed by atoms with E-state index in [0.717, 1.165) is 23.5 Å². The van der Waals surface area contributed by atoms with Crippen LogP contribution in [0.25, 0.3) is 0 Å². The normalized spacial score (nSPS) is 16.4. The molecule has 2 N–H and O–H groups in total. The van der Waals surface area contributed by atoms with E-state index in [-0.39, 0.29) is 6.04 Å². The van der Waals surface area contributed by atoms with Crippen molar-refractivity contribution in [3.05, 3.63) is 23.8 Å². The predicted octanol–water partition coefficient (Wildman–Crippen LogP) is 1.87. The molecule has 0 unspecified atom stereocenters. The van der Waals surface area contributed by atoms with Gasteiger partial charge in [0.05, 0.1) is 0 Å². The molecule has 0 saturated heterocycles. The Morgan fingerprint density at radius 2 is 2.14 bits per heavy atom. The summed E-state index contributed by atoms with van der Waals surface area (Å²) in [6.45, 7) is 3.30. The van der Waals surface area contributed by atoms with Crippen LogP contribution < -0.4 is 15.2 Å². The Balaban J connectivity index is 2.39. The number of benzene rings is 1. The zero-order valence-corrected chi connectivity index (χ0v) is 8.32. The standard InChI is InChI=1S/C11H15NO2/c1-2-9(12)8-4-3-5-10-11(8)14-7-6-13-10/h3-5,9H,2,6-7,12H2,1H3/t9-/m0/s1. The molecule has 0 spiro atoms. The van der Waals surface area contributed by atoms with E-state index < -0.39 is 0 Å². The topological polar surface area (TPSA) is 44.5 Å².